The van der Waals surface area contributed by atoms with Gasteiger partial charge in [-0.2, -0.15) is 0 Å². The molecule has 2 nitrogen and oxygen atoms in total. The van der Waals surface area contributed by atoms with Crippen molar-refractivity contribution in [1.29, 1.82) is 0 Å². The molecule has 2 rings (SSSR count). The lowest BCUT2D eigenvalue weighted by Gasteiger charge is -2.25. The lowest BCUT2D eigenvalue weighted by molar-refractivity contribution is -0.125. The fourth-order valence-electron chi connectivity index (χ4n) is 2.28. The number of benzene rings is 1. The Hall–Kier alpha value is -1.15. The molecule has 0 spiro atoms. The molecule has 1 saturated heterocycles. The van der Waals surface area contributed by atoms with Crippen LogP contribution in [0.4, 0.5) is 0 Å². The molecule has 0 unspecified atom stereocenters. The van der Waals surface area contributed by atoms with E-state index >= 15 is 0 Å². The molecule has 1 aromatic rings. The second-order valence-electron chi connectivity index (χ2n) is 5.25. The van der Waals surface area contributed by atoms with Gasteiger partial charge in [-0.15, -0.1) is 0 Å². The largest absolute Gasteiger partial charge is 0.378 e. The minimum Gasteiger partial charge on any atom is -0.378 e. The van der Waals surface area contributed by atoms with Crippen molar-refractivity contribution in [3.05, 3.63) is 35.9 Å². The van der Waals surface area contributed by atoms with Crippen LogP contribution >= 0.6 is 0 Å². The van der Waals surface area contributed by atoms with Crippen molar-refractivity contribution in [1.82, 2.24) is 0 Å². The summed E-state index contributed by atoms with van der Waals surface area (Å²) in [4.78, 5) is 12.3. The van der Waals surface area contributed by atoms with E-state index in [4.69, 9.17) is 4.74 Å². The molecular weight excluding hydrogens is 212 g/mol. The maximum absolute atomic E-state index is 12.3. The predicted octanol–water partition coefficient (Wildman–Crippen LogP) is 3.10. The van der Waals surface area contributed by atoms with Crippen LogP contribution < -0.4 is 0 Å². The van der Waals surface area contributed by atoms with Crippen LogP contribution in [0.15, 0.2) is 30.3 Å². The van der Waals surface area contributed by atoms with E-state index in [1.54, 1.807) is 0 Å². The summed E-state index contributed by atoms with van der Waals surface area (Å²) in [5.74, 6) is 0.274. The summed E-state index contributed by atoms with van der Waals surface area (Å²) in [5, 5.41) is 0. The molecule has 1 atom stereocenters. The minimum atomic E-state index is -0.410. The van der Waals surface area contributed by atoms with Gasteiger partial charge in [0, 0.05) is 18.4 Å². The number of hydrogen-bond donors (Lipinski definition) is 0. The van der Waals surface area contributed by atoms with Crippen molar-refractivity contribution in [2.75, 3.05) is 6.61 Å². The number of Topliss-reactive ketones (excluding diaryl/α,β-unsaturated/α-hetero) is 1. The first-order chi connectivity index (χ1) is 8.10. The molecule has 0 N–H and O–H groups in total. The Morgan fingerprint density at radius 2 is 2.06 bits per heavy atom. The zero-order chi connectivity index (χ0) is 12.3. The number of carbonyl (C=O) groups is 1. The monoisotopic (exact) mass is 232 g/mol. The van der Waals surface area contributed by atoms with Crippen LogP contribution in [-0.4, -0.2) is 18.5 Å². The molecule has 1 aromatic carbocycles. The van der Waals surface area contributed by atoms with Gasteiger partial charge >= 0.3 is 0 Å². The summed E-state index contributed by atoms with van der Waals surface area (Å²) in [6, 6.07) is 9.98. The standard InChI is InChI=1S/C15H20O2/c1-15(2,12-7-4-3-5-8-12)14(16)11-13-9-6-10-17-13/h3-5,7-8,13H,6,9-11H2,1-2H3/t13-/m1/s1. The Bertz CT molecular complexity index is 375. The fourth-order valence-corrected chi connectivity index (χ4v) is 2.28. The van der Waals surface area contributed by atoms with Crippen molar-refractivity contribution in [3.8, 4) is 0 Å². The molecule has 0 radical (unpaired) electrons. The van der Waals surface area contributed by atoms with Crippen LogP contribution in [0, 0.1) is 0 Å². The average molecular weight is 232 g/mol. The van der Waals surface area contributed by atoms with E-state index in [-0.39, 0.29) is 11.9 Å². The van der Waals surface area contributed by atoms with Crippen molar-refractivity contribution in [3.63, 3.8) is 0 Å². The molecule has 0 aliphatic carbocycles. The smallest absolute Gasteiger partial charge is 0.145 e. The van der Waals surface area contributed by atoms with Gasteiger partial charge in [-0.25, -0.2) is 0 Å². The first kappa shape index (κ1) is 12.3. The Kier molecular flexibility index (Phi) is 3.63. The molecule has 0 aromatic heterocycles. The Labute approximate surface area is 103 Å². The molecule has 1 heterocycles. The van der Waals surface area contributed by atoms with Gasteiger partial charge in [0.1, 0.15) is 5.78 Å². The van der Waals surface area contributed by atoms with Crippen LogP contribution in [-0.2, 0) is 14.9 Å². The van der Waals surface area contributed by atoms with Gasteiger partial charge in [-0.3, -0.25) is 4.79 Å². The highest BCUT2D eigenvalue weighted by molar-refractivity contribution is 5.89. The lowest BCUT2D eigenvalue weighted by Crippen LogP contribution is -2.31. The average Bonchev–Trinajstić information content (AvgIpc) is 2.83. The molecule has 0 saturated carbocycles. The van der Waals surface area contributed by atoms with E-state index in [2.05, 4.69) is 0 Å². The Morgan fingerprint density at radius 1 is 1.35 bits per heavy atom. The fraction of sp³-hybridized carbons (Fsp3) is 0.533. The maximum Gasteiger partial charge on any atom is 0.145 e. The number of rotatable bonds is 4. The summed E-state index contributed by atoms with van der Waals surface area (Å²) >= 11 is 0. The van der Waals surface area contributed by atoms with E-state index in [0.717, 1.165) is 25.0 Å². The maximum atomic E-state index is 12.3. The van der Waals surface area contributed by atoms with Crippen LogP contribution in [0.1, 0.15) is 38.7 Å². The summed E-state index contributed by atoms with van der Waals surface area (Å²) in [7, 11) is 0. The summed E-state index contributed by atoms with van der Waals surface area (Å²) in [5.41, 5.74) is 0.677. The van der Waals surface area contributed by atoms with E-state index in [1.165, 1.54) is 0 Å². The first-order valence-electron chi connectivity index (χ1n) is 6.31. The zero-order valence-corrected chi connectivity index (χ0v) is 10.6. The topological polar surface area (TPSA) is 26.3 Å². The van der Waals surface area contributed by atoms with Crippen molar-refractivity contribution in [2.45, 2.75) is 44.6 Å². The second kappa shape index (κ2) is 5.01. The molecule has 2 heteroatoms. The van der Waals surface area contributed by atoms with Gasteiger partial charge in [-0.05, 0) is 32.3 Å². The highest BCUT2D eigenvalue weighted by Gasteiger charge is 2.32. The SMILES string of the molecule is CC(C)(C(=O)C[C@H]1CCCO1)c1ccccc1. The summed E-state index contributed by atoms with van der Waals surface area (Å²) < 4.78 is 5.53. The number of ketones is 1. The minimum absolute atomic E-state index is 0.144. The highest BCUT2D eigenvalue weighted by Crippen LogP contribution is 2.28. The van der Waals surface area contributed by atoms with Crippen molar-refractivity contribution in [2.24, 2.45) is 0 Å². The predicted molar refractivity (Wildman–Crippen MR) is 68.1 cm³/mol. The third kappa shape index (κ3) is 2.75. The molecule has 92 valence electrons. The lowest BCUT2D eigenvalue weighted by atomic mass is 9.78. The van der Waals surface area contributed by atoms with Crippen molar-refractivity contribution >= 4 is 5.78 Å². The third-order valence-corrected chi connectivity index (χ3v) is 3.63. The van der Waals surface area contributed by atoms with Gasteiger partial charge in [0.05, 0.1) is 6.10 Å². The zero-order valence-electron chi connectivity index (χ0n) is 10.6. The Morgan fingerprint density at radius 3 is 2.65 bits per heavy atom. The van der Waals surface area contributed by atoms with Crippen molar-refractivity contribution < 1.29 is 9.53 Å². The van der Waals surface area contributed by atoms with E-state index in [0.29, 0.717) is 6.42 Å². The highest BCUT2D eigenvalue weighted by atomic mass is 16.5. The van der Waals surface area contributed by atoms with Gasteiger partial charge in [0.25, 0.3) is 0 Å². The van der Waals surface area contributed by atoms with Crippen LogP contribution in [0.25, 0.3) is 0 Å². The molecule has 17 heavy (non-hydrogen) atoms. The van der Waals surface area contributed by atoms with Gasteiger partial charge < -0.3 is 4.74 Å². The van der Waals surface area contributed by atoms with Crippen LogP contribution in [0.3, 0.4) is 0 Å². The molecule has 1 aliphatic rings. The molecule has 1 aliphatic heterocycles. The normalized spacial score (nSPS) is 20.5. The number of ether oxygens (including phenoxy) is 1. The second-order valence-corrected chi connectivity index (χ2v) is 5.25. The van der Waals surface area contributed by atoms with E-state index < -0.39 is 5.41 Å². The summed E-state index contributed by atoms with van der Waals surface area (Å²) in [6.07, 6.45) is 2.80. The van der Waals surface area contributed by atoms with Crippen LogP contribution in [0.5, 0.6) is 0 Å². The van der Waals surface area contributed by atoms with Gasteiger partial charge in [0.15, 0.2) is 0 Å². The molecule has 0 bridgehead atoms. The first-order valence-corrected chi connectivity index (χ1v) is 6.31. The molecule has 0 amide bonds. The molecule has 1 fully saturated rings. The quantitative estimate of drug-likeness (QED) is 0.797. The number of hydrogen-bond acceptors (Lipinski definition) is 2. The van der Waals surface area contributed by atoms with Crippen LogP contribution in [0.2, 0.25) is 0 Å². The Balaban J connectivity index is 2.06. The van der Waals surface area contributed by atoms with E-state index in [9.17, 15) is 4.79 Å². The van der Waals surface area contributed by atoms with Gasteiger partial charge in [-0.1, -0.05) is 30.3 Å². The molecular formula is C15H20O2. The van der Waals surface area contributed by atoms with Gasteiger partial charge in [0.2, 0.25) is 0 Å². The number of carbonyl (C=O) groups excluding carboxylic acids is 1. The van der Waals surface area contributed by atoms with E-state index in [1.807, 2.05) is 44.2 Å². The third-order valence-electron chi connectivity index (χ3n) is 3.63. The summed E-state index contributed by atoms with van der Waals surface area (Å²) in [6.45, 7) is 4.81.